The molecule has 2 rings (SSSR count). The molecule has 1 aromatic rings. The Balaban J connectivity index is 2.05. The second-order valence-corrected chi connectivity index (χ2v) is 5.40. The Labute approximate surface area is 117 Å². The lowest BCUT2D eigenvalue weighted by atomic mass is 9.98. The van der Waals surface area contributed by atoms with Crippen molar-refractivity contribution in [2.75, 3.05) is 0 Å². The molecule has 1 aliphatic carbocycles. The number of ether oxygens (including phenoxy) is 1. The number of nitrogens with zero attached hydrogens (tertiary/aromatic N) is 1. The van der Waals surface area contributed by atoms with Gasteiger partial charge in [0.1, 0.15) is 12.1 Å². The van der Waals surface area contributed by atoms with Crippen LogP contribution in [0.5, 0.6) is 0 Å². The van der Waals surface area contributed by atoms with Gasteiger partial charge >= 0.3 is 5.97 Å². The lowest BCUT2D eigenvalue weighted by Gasteiger charge is -2.24. The number of halogens is 1. The lowest BCUT2D eigenvalue weighted by Crippen LogP contribution is -2.31. The fourth-order valence-electron chi connectivity index (χ4n) is 2.34. The predicted molar refractivity (Wildman–Crippen MR) is 73.4 cm³/mol. The Bertz CT molecular complexity index is 506. The molecule has 19 heavy (non-hydrogen) atoms. The number of rotatable bonds is 3. The summed E-state index contributed by atoms with van der Waals surface area (Å²) in [5, 5.41) is 0.428. The molecular formula is C14H18ClNO3. The maximum Gasteiger partial charge on any atom is 0.329 e. The molecule has 1 unspecified atom stereocenters. The first-order valence-corrected chi connectivity index (χ1v) is 7.04. The fraction of sp³-hybridized carbons (Fsp3) is 0.571. The highest BCUT2D eigenvalue weighted by molar-refractivity contribution is 6.30. The largest absolute Gasteiger partial charge is 0.461 e. The standard InChI is InChI=1S/C14H18ClNO3/c1-10(16-9-11(15)7-8-13(16)17)14(18)19-12-5-3-2-4-6-12/h7-10,12H,2-6H2,1H3. The maximum absolute atomic E-state index is 12.1. The van der Waals surface area contributed by atoms with Crippen molar-refractivity contribution in [2.45, 2.75) is 51.2 Å². The number of hydrogen-bond acceptors (Lipinski definition) is 3. The van der Waals surface area contributed by atoms with Gasteiger partial charge in [-0.05, 0) is 38.7 Å². The summed E-state index contributed by atoms with van der Waals surface area (Å²) in [6.07, 6.45) is 6.71. The topological polar surface area (TPSA) is 48.3 Å². The van der Waals surface area contributed by atoms with E-state index in [1.54, 1.807) is 6.92 Å². The maximum atomic E-state index is 12.1. The zero-order valence-corrected chi connectivity index (χ0v) is 11.7. The highest BCUT2D eigenvalue weighted by Crippen LogP contribution is 2.22. The molecule has 0 aliphatic heterocycles. The summed E-state index contributed by atoms with van der Waals surface area (Å²) in [4.78, 5) is 23.8. The molecule has 1 fully saturated rings. The van der Waals surface area contributed by atoms with E-state index >= 15 is 0 Å². The molecule has 0 amide bonds. The van der Waals surface area contributed by atoms with E-state index in [1.807, 2.05) is 0 Å². The molecule has 4 nitrogen and oxygen atoms in total. The van der Waals surface area contributed by atoms with Crippen molar-refractivity contribution in [3.63, 3.8) is 0 Å². The van der Waals surface area contributed by atoms with Crippen LogP contribution in [-0.2, 0) is 9.53 Å². The summed E-state index contributed by atoms with van der Waals surface area (Å²) >= 11 is 5.85. The van der Waals surface area contributed by atoms with Crippen LogP contribution in [0.15, 0.2) is 23.1 Å². The summed E-state index contributed by atoms with van der Waals surface area (Å²) in [6.45, 7) is 1.66. The van der Waals surface area contributed by atoms with E-state index in [0.717, 1.165) is 25.7 Å². The summed E-state index contributed by atoms with van der Waals surface area (Å²) < 4.78 is 6.77. The minimum Gasteiger partial charge on any atom is -0.461 e. The summed E-state index contributed by atoms with van der Waals surface area (Å²) in [5.74, 6) is -0.365. The smallest absolute Gasteiger partial charge is 0.329 e. The van der Waals surface area contributed by atoms with Crippen LogP contribution in [0.1, 0.15) is 45.1 Å². The number of carbonyl (C=O) groups is 1. The fourth-order valence-corrected chi connectivity index (χ4v) is 2.51. The quantitative estimate of drug-likeness (QED) is 0.802. The monoisotopic (exact) mass is 283 g/mol. The van der Waals surface area contributed by atoms with Crippen LogP contribution in [0, 0.1) is 0 Å². The minimum absolute atomic E-state index is 0.00131. The van der Waals surface area contributed by atoms with Crippen LogP contribution in [0.4, 0.5) is 0 Å². The summed E-state index contributed by atoms with van der Waals surface area (Å²) in [7, 11) is 0. The Kier molecular flexibility index (Phi) is 4.64. The third-order valence-corrected chi connectivity index (χ3v) is 3.72. The van der Waals surface area contributed by atoms with Gasteiger partial charge in [0.15, 0.2) is 0 Å². The van der Waals surface area contributed by atoms with Gasteiger partial charge in [-0.25, -0.2) is 4.79 Å². The van der Waals surface area contributed by atoms with Crippen molar-refractivity contribution < 1.29 is 9.53 Å². The zero-order chi connectivity index (χ0) is 13.8. The molecule has 1 atom stereocenters. The molecular weight excluding hydrogens is 266 g/mol. The van der Waals surface area contributed by atoms with E-state index in [-0.39, 0.29) is 17.6 Å². The molecule has 0 spiro atoms. The molecule has 0 N–H and O–H groups in total. The SMILES string of the molecule is CC(C(=O)OC1CCCCC1)n1cc(Cl)ccc1=O. The molecule has 1 saturated carbocycles. The van der Waals surface area contributed by atoms with Gasteiger partial charge in [0, 0.05) is 12.3 Å². The third-order valence-electron chi connectivity index (χ3n) is 3.50. The van der Waals surface area contributed by atoms with E-state index in [2.05, 4.69) is 0 Å². The minimum atomic E-state index is -0.645. The third kappa shape index (κ3) is 3.60. The summed E-state index contributed by atoms with van der Waals surface area (Å²) in [6, 6.07) is 2.22. The lowest BCUT2D eigenvalue weighted by molar-refractivity contribution is -0.154. The van der Waals surface area contributed by atoms with E-state index in [9.17, 15) is 9.59 Å². The van der Waals surface area contributed by atoms with Crippen molar-refractivity contribution in [1.29, 1.82) is 0 Å². The Morgan fingerprint density at radius 2 is 2.05 bits per heavy atom. The molecule has 0 radical (unpaired) electrons. The number of hydrogen-bond donors (Lipinski definition) is 0. The van der Waals surface area contributed by atoms with E-state index < -0.39 is 6.04 Å². The van der Waals surface area contributed by atoms with E-state index in [4.69, 9.17) is 16.3 Å². The highest BCUT2D eigenvalue weighted by Gasteiger charge is 2.23. The Morgan fingerprint density at radius 1 is 1.37 bits per heavy atom. The van der Waals surface area contributed by atoms with E-state index in [0.29, 0.717) is 5.02 Å². The second-order valence-electron chi connectivity index (χ2n) is 4.97. The molecule has 5 heteroatoms. The van der Waals surface area contributed by atoms with Gasteiger partial charge in [0.2, 0.25) is 0 Å². The first kappa shape index (κ1) is 14.1. The number of aromatic nitrogens is 1. The van der Waals surface area contributed by atoms with Crippen LogP contribution in [-0.4, -0.2) is 16.6 Å². The molecule has 1 aromatic heterocycles. The Hall–Kier alpha value is -1.29. The molecule has 104 valence electrons. The molecule has 1 heterocycles. The van der Waals surface area contributed by atoms with Gasteiger partial charge in [0.05, 0.1) is 5.02 Å². The first-order valence-electron chi connectivity index (χ1n) is 6.66. The Morgan fingerprint density at radius 3 is 2.74 bits per heavy atom. The van der Waals surface area contributed by atoms with Crippen LogP contribution < -0.4 is 5.56 Å². The van der Waals surface area contributed by atoms with Gasteiger partial charge in [-0.2, -0.15) is 0 Å². The van der Waals surface area contributed by atoms with Crippen molar-refractivity contribution in [2.24, 2.45) is 0 Å². The first-order chi connectivity index (χ1) is 9.08. The van der Waals surface area contributed by atoms with Gasteiger partial charge in [-0.1, -0.05) is 18.0 Å². The molecule has 0 aromatic carbocycles. The molecule has 1 aliphatic rings. The normalized spacial score (nSPS) is 18.0. The summed E-state index contributed by atoms with van der Waals surface area (Å²) in [5.41, 5.74) is -0.252. The predicted octanol–water partition coefficient (Wildman–Crippen LogP) is 2.94. The van der Waals surface area contributed by atoms with Crippen molar-refractivity contribution in [3.8, 4) is 0 Å². The highest BCUT2D eigenvalue weighted by atomic mass is 35.5. The number of carbonyl (C=O) groups excluding carboxylic acids is 1. The van der Waals surface area contributed by atoms with Crippen LogP contribution in [0.3, 0.4) is 0 Å². The van der Waals surface area contributed by atoms with E-state index in [1.165, 1.54) is 29.3 Å². The molecule has 0 saturated heterocycles. The average Bonchev–Trinajstić information content (AvgIpc) is 2.42. The average molecular weight is 284 g/mol. The van der Waals surface area contributed by atoms with Crippen molar-refractivity contribution in [1.82, 2.24) is 4.57 Å². The van der Waals surface area contributed by atoms with Gasteiger partial charge in [-0.3, -0.25) is 4.79 Å². The van der Waals surface area contributed by atoms with Crippen molar-refractivity contribution in [3.05, 3.63) is 33.7 Å². The molecule has 0 bridgehead atoms. The van der Waals surface area contributed by atoms with Gasteiger partial charge in [-0.15, -0.1) is 0 Å². The van der Waals surface area contributed by atoms with Gasteiger partial charge in [0.25, 0.3) is 5.56 Å². The van der Waals surface area contributed by atoms with Crippen LogP contribution in [0.2, 0.25) is 5.02 Å². The number of pyridine rings is 1. The zero-order valence-electron chi connectivity index (χ0n) is 11.0. The van der Waals surface area contributed by atoms with Gasteiger partial charge < -0.3 is 9.30 Å². The van der Waals surface area contributed by atoms with Crippen LogP contribution in [0.25, 0.3) is 0 Å². The van der Waals surface area contributed by atoms with Crippen molar-refractivity contribution >= 4 is 17.6 Å². The van der Waals surface area contributed by atoms with Crippen LogP contribution >= 0.6 is 11.6 Å². The number of esters is 1. The second kappa shape index (κ2) is 6.24.